The predicted molar refractivity (Wildman–Crippen MR) is 114 cm³/mol. The lowest BCUT2D eigenvalue weighted by Crippen LogP contribution is -2.27. The molecule has 1 N–H and O–H groups in total. The van der Waals surface area contributed by atoms with Crippen molar-refractivity contribution in [3.05, 3.63) is 52.8 Å². The first-order chi connectivity index (χ1) is 13.8. The summed E-state index contributed by atoms with van der Waals surface area (Å²) in [5.74, 6) is 0.668. The Hall–Kier alpha value is -2.79. The summed E-state index contributed by atoms with van der Waals surface area (Å²) in [4.78, 5) is 9.65. The Bertz CT molecular complexity index is 1230. The van der Waals surface area contributed by atoms with Gasteiger partial charge in [-0.1, -0.05) is 22.9 Å². The van der Waals surface area contributed by atoms with Crippen LogP contribution in [0.25, 0.3) is 33.3 Å². The minimum Gasteiger partial charge on any atom is -0.389 e. The first-order valence-electron chi connectivity index (χ1n) is 10.2. The van der Waals surface area contributed by atoms with Crippen molar-refractivity contribution in [2.75, 3.05) is 0 Å². The number of hydrogen-bond donors (Lipinski definition) is 1. The van der Waals surface area contributed by atoms with Crippen LogP contribution in [0.4, 0.5) is 0 Å². The Balaban J connectivity index is 1.78. The van der Waals surface area contributed by atoms with Crippen molar-refractivity contribution in [1.82, 2.24) is 15.1 Å². The van der Waals surface area contributed by atoms with Gasteiger partial charge >= 0.3 is 0 Å². The van der Waals surface area contributed by atoms with Gasteiger partial charge in [-0.15, -0.1) is 0 Å². The van der Waals surface area contributed by atoms with Crippen LogP contribution in [0.15, 0.2) is 35.0 Å². The average Bonchev–Trinajstić information content (AvgIpc) is 3.23. The maximum absolute atomic E-state index is 10.9. The van der Waals surface area contributed by atoms with E-state index in [1.54, 1.807) is 0 Å². The van der Waals surface area contributed by atoms with E-state index in [2.05, 4.69) is 43.0 Å². The first kappa shape index (κ1) is 18.3. The highest BCUT2D eigenvalue weighted by molar-refractivity contribution is 6.05. The van der Waals surface area contributed by atoms with E-state index in [9.17, 15) is 5.11 Å². The Kier molecular flexibility index (Phi) is 4.00. The number of benzene rings is 2. The Morgan fingerprint density at radius 2 is 1.90 bits per heavy atom. The molecule has 4 aromatic rings. The van der Waals surface area contributed by atoms with E-state index in [1.807, 2.05) is 25.3 Å². The van der Waals surface area contributed by atoms with E-state index >= 15 is 0 Å². The molecule has 0 unspecified atom stereocenters. The van der Waals surface area contributed by atoms with Crippen LogP contribution in [0.2, 0.25) is 0 Å². The zero-order valence-electron chi connectivity index (χ0n) is 17.3. The van der Waals surface area contributed by atoms with Crippen molar-refractivity contribution in [3.8, 4) is 11.4 Å². The molecule has 0 bridgehead atoms. The minimum absolute atomic E-state index is 0.0457. The number of aromatic nitrogens is 3. The molecule has 1 saturated carbocycles. The molecule has 5 heteroatoms. The summed E-state index contributed by atoms with van der Waals surface area (Å²) in [5, 5.41) is 17.1. The summed E-state index contributed by atoms with van der Waals surface area (Å²) in [6.07, 6.45) is 4.54. The second kappa shape index (κ2) is 6.36. The quantitative estimate of drug-likeness (QED) is 0.500. The molecular weight excluding hydrogens is 362 g/mol. The zero-order chi connectivity index (χ0) is 20.3. The molecule has 1 fully saturated rings. The number of rotatable bonds is 2. The van der Waals surface area contributed by atoms with E-state index in [0.717, 1.165) is 46.8 Å². The molecule has 29 heavy (non-hydrogen) atoms. The molecule has 5 rings (SSSR count). The lowest BCUT2D eigenvalue weighted by atomic mass is 9.88. The number of nitrogens with zero attached hydrogens (tertiary/aromatic N) is 3. The fourth-order valence-electron chi connectivity index (χ4n) is 5.02. The highest BCUT2D eigenvalue weighted by Crippen LogP contribution is 2.45. The third-order valence-electron chi connectivity index (χ3n) is 6.37. The van der Waals surface area contributed by atoms with Crippen LogP contribution >= 0.6 is 0 Å². The van der Waals surface area contributed by atoms with Crippen molar-refractivity contribution in [1.29, 1.82) is 0 Å². The van der Waals surface area contributed by atoms with Crippen LogP contribution in [-0.4, -0.2) is 25.8 Å². The van der Waals surface area contributed by atoms with E-state index in [4.69, 9.17) is 9.51 Å². The molecule has 0 amide bonds. The topological polar surface area (TPSA) is 72.0 Å². The summed E-state index contributed by atoms with van der Waals surface area (Å²) in [5.41, 5.74) is 6.22. The fraction of sp³-hybridized carbons (Fsp3) is 0.375. The fourth-order valence-corrected chi connectivity index (χ4v) is 5.02. The summed E-state index contributed by atoms with van der Waals surface area (Å²) in [6.45, 7) is 8.20. The lowest BCUT2D eigenvalue weighted by Gasteiger charge is -2.23. The Morgan fingerprint density at radius 3 is 2.59 bits per heavy atom. The third kappa shape index (κ3) is 2.84. The molecule has 2 atom stereocenters. The van der Waals surface area contributed by atoms with E-state index < -0.39 is 5.60 Å². The smallest absolute Gasteiger partial charge is 0.169 e. The van der Waals surface area contributed by atoms with E-state index in [0.29, 0.717) is 11.4 Å². The molecule has 0 spiro atoms. The number of fused-ring (bicyclic) bond motifs is 3. The van der Waals surface area contributed by atoms with Crippen molar-refractivity contribution in [2.45, 2.75) is 58.5 Å². The molecule has 2 aromatic carbocycles. The summed E-state index contributed by atoms with van der Waals surface area (Å²) >= 11 is 0. The number of aliphatic hydroxyl groups is 1. The maximum Gasteiger partial charge on any atom is 0.169 e. The number of aryl methyl sites for hydroxylation is 3. The standard InChI is InChI=1S/C24H25N3O2/c1-13-10-14(2)19(15(3)11-13)23-25-12-16-7-8-18-20(21(16)26-23)22(27-29-18)17-6-5-9-24(17,4)28/h7-8,10-12,17,28H,5-6,9H2,1-4H3/t17-,24+/m0/s1. The lowest BCUT2D eigenvalue weighted by molar-refractivity contribution is 0.0479. The SMILES string of the molecule is Cc1cc(C)c(-c2ncc3ccc4onc([C@@H]5CCC[C@@]5(C)O)c4c3n2)c(C)c1. The van der Waals surface area contributed by atoms with Gasteiger partial charge in [-0.2, -0.15) is 0 Å². The summed E-state index contributed by atoms with van der Waals surface area (Å²) in [7, 11) is 0. The van der Waals surface area contributed by atoms with Crippen LogP contribution < -0.4 is 0 Å². The van der Waals surface area contributed by atoms with Crippen LogP contribution in [0.5, 0.6) is 0 Å². The summed E-state index contributed by atoms with van der Waals surface area (Å²) in [6, 6.07) is 8.22. The van der Waals surface area contributed by atoms with Gasteiger partial charge in [0, 0.05) is 23.1 Å². The molecule has 0 saturated heterocycles. The van der Waals surface area contributed by atoms with E-state index in [1.165, 1.54) is 16.7 Å². The Morgan fingerprint density at radius 1 is 1.14 bits per heavy atom. The highest BCUT2D eigenvalue weighted by atomic mass is 16.5. The normalized spacial score (nSPS) is 22.0. The second-order valence-electron chi connectivity index (χ2n) is 8.71. The largest absolute Gasteiger partial charge is 0.389 e. The molecule has 148 valence electrons. The van der Waals surface area contributed by atoms with Crippen LogP contribution in [-0.2, 0) is 0 Å². The highest BCUT2D eigenvalue weighted by Gasteiger charge is 2.41. The Labute approximate surface area is 169 Å². The first-order valence-corrected chi connectivity index (χ1v) is 10.2. The monoisotopic (exact) mass is 387 g/mol. The van der Waals surface area contributed by atoms with E-state index in [-0.39, 0.29) is 5.92 Å². The second-order valence-corrected chi connectivity index (χ2v) is 8.71. The molecule has 0 radical (unpaired) electrons. The molecule has 2 heterocycles. The van der Waals surface area contributed by atoms with Crippen molar-refractivity contribution in [3.63, 3.8) is 0 Å². The zero-order valence-corrected chi connectivity index (χ0v) is 17.3. The van der Waals surface area contributed by atoms with Gasteiger partial charge in [0.25, 0.3) is 0 Å². The van der Waals surface area contributed by atoms with Crippen LogP contribution in [0.1, 0.15) is 54.5 Å². The van der Waals surface area contributed by atoms with Crippen LogP contribution in [0, 0.1) is 20.8 Å². The molecule has 1 aliphatic rings. The number of hydrogen-bond acceptors (Lipinski definition) is 5. The van der Waals surface area contributed by atoms with Gasteiger partial charge in [-0.05, 0) is 70.2 Å². The molecule has 5 nitrogen and oxygen atoms in total. The maximum atomic E-state index is 10.9. The summed E-state index contributed by atoms with van der Waals surface area (Å²) < 4.78 is 5.65. The third-order valence-corrected chi connectivity index (χ3v) is 6.37. The van der Waals surface area contributed by atoms with Gasteiger partial charge in [-0.3, -0.25) is 0 Å². The minimum atomic E-state index is -0.772. The van der Waals surface area contributed by atoms with Gasteiger partial charge in [0.05, 0.1) is 22.2 Å². The van der Waals surface area contributed by atoms with Gasteiger partial charge in [0.2, 0.25) is 0 Å². The molecule has 1 aliphatic carbocycles. The average molecular weight is 387 g/mol. The van der Waals surface area contributed by atoms with Crippen molar-refractivity contribution >= 4 is 21.9 Å². The molecular formula is C24H25N3O2. The predicted octanol–water partition coefficient (Wildman–Crippen LogP) is 5.38. The van der Waals surface area contributed by atoms with Gasteiger partial charge in [0.15, 0.2) is 11.4 Å². The molecule has 0 aliphatic heterocycles. The van der Waals surface area contributed by atoms with Gasteiger partial charge in [0.1, 0.15) is 0 Å². The van der Waals surface area contributed by atoms with Crippen molar-refractivity contribution < 1.29 is 9.63 Å². The van der Waals surface area contributed by atoms with Crippen LogP contribution in [0.3, 0.4) is 0 Å². The molecule has 2 aromatic heterocycles. The van der Waals surface area contributed by atoms with Crippen molar-refractivity contribution in [2.24, 2.45) is 0 Å². The van der Waals surface area contributed by atoms with Gasteiger partial charge < -0.3 is 9.63 Å². The van der Waals surface area contributed by atoms with Gasteiger partial charge in [-0.25, -0.2) is 9.97 Å².